The number of likely N-dealkylation sites (N-methyl/N-ethyl adjacent to an activating group) is 2. The van der Waals surface area contributed by atoms with Crippen molar-refractivity contribution in [3.05, 3.63) is 22.6 Å². The number of pyridine rings is 1. The fraction of sp³-hybridized carbons (Fsp3) is 0.583. The number of nitrogens with one attached hydrogen (secondary N) is 1. The highest BCUT2D eigenvalue weighted by Gasteiger charge is 2.22. The molecule has 1 aliphatic rings. The molecule has 1 aromatic rings. The first-order valence-corrected chi connectivity index (χ1v) is 6.79. The van der Waals surface area contributed by atoms with E-state index in [0.717, 1.165) is 19.6 Å². The van der Waals surface area contributed by atoms with E-state index in [0.29, 0.717) is 22.9 Å². The third kappa shape index (κ3) is 3.40. The number of rotatable bonds is 3. The maximum absolute atomic E-state index is 13.6. The van der Waals surface area contributed by atoms with Crippen LogP contribution in [-0.2, 0) is 0 Å². The van der Waals surface area contributed by atoms with Gasteiger partial charge in [-0.3, -0.25) is 4.90 Å². The standard InChI is InChI=1S/C12H18BrFN4/c1-17-3-4-18(2)10(8-17)7-16-12-11(14)5-9(13)6-15-12/h5-6,10H,3-4,7-8H2,1-2H3,(H,15,16). The van der Waals surface area contributed by atoms with E-state index in [4.69, 9.17) is 0 Å². The molecule has 0 bridgehead atoms. The molecule has 100 valence electrons. The third-order valence-electron chi connectivity index (χ3n) is 3.29. The molecule has 1 N–H and O–H groups in total. The molecule has 0 aromatic carbocycles. The number of anilines is 1. The average molecular weight is 317 g/mol. The maximum Gasteiger partial charge on any atom is 0.166 e. The molecule has 1 fully saturated rings. The summed E-state index contributed by atoms with van der Waals surface area (Å²) in [5, 5.41) is 3.09. The largest absolute Gasteiger partial charge is 0.366 e. The minimum absolute atomic E-state index is 0.319. The smallest absolute Gasteiger partial charge is 0.166 e. The summed E-state index contributed by atoms with van der Waals surface area (Å²) in [4.78, 5) is 8.63. The monoisotopic (exact) mass is 316 g/mol. The van der Waals surface area contributed by atoms with Crippen LogP contribution in [0.1, 0.15) is 0 Å². The zero-order valence-electron chi connectivity index (χ0n) is 10.7. The first-order chi connectivity index (χ1) is 8.56. The summed E-state index contributed by atoms with van der Waals surface area (Å²) in [6, 6.07) is 1.81. The molecule has 0 aliphatic carbocycles. The Morgan fingerprint density at radius 1 is 1.50 bits per heavy atom. The molecule has 6 heteroatoms. The second-order valence-electron chi connectivity index (χ2n) is 4.76. The molecule has 1 aliphatic heterocycles. The number of nitrogens with zero attached hydrogens (tertiary/aromatic N) is 3. The highest BCUT2D eigenvalue weighted by atomic mass is 79.9. The summed E-state index contributed by atoms with van der Waals surface area (Å²) in [6.07, 6.45) is 1.60. The van der Waals surface area contributed by atoms with Crippen LogP contribution in [0.25, 0.3) is 0 Å². The van der Waals surface area contributed by atoms with Crippen molar-refractivity contribution in [1.29, 1.82) is 0 Å². The molecule has 18 heavy (non-hydrogen) atoms. The van der Waals surface area contributed by atoms with Crippen LogP contribution in [0.15, 0.2) is 16.7 Å². The van der Waals surface area contributed by atoms with Crippen molar-refractivity contribution in [2.24, 2.45) is 0 Å². The molecule has 0 saturated carbocycles. The van der Waals surface area contributed by atoms with Gasteiger partial charge in [-0.1, -0.05) is 0 Å². The van der Waals surface area contributed by atoms with E-state index in [1.54, 1.807) is 6.20 Å². The maximum atomic E-state index is 13.6. The number of halogens is 2. The van der Waals surface area contributed by atoms with Crippen molar-refractivity contribution in [2.75, 3.05) is 45.6 Å². The minimum atomic E-state index is -0.323. The van der Waals surface area contributed by atoms with Crippen molar-refractivity contribution >= 4 is 21.7 Å². The van der Waals surface area contributed by atoms with E-state index in [1.165, 1.54) is 6.07 Å². The van der Waals surface area contributed by atoms with Gasteiger partial charge in [0.05, 0.1) is 0 Å². The molecule has 1 atom stereocenters. The summed E-state index contributed by atoms with van der Waals surface area (Å²) in [5.74, 6) is -0.00369. The molecule has 1 aromatic heterocycles. The van der Waals surface area contributed by atoms with Crippen LogP contribution in [0, 0.1) is 5.82 Å². The lowest BCUT2D eigenvalue weighted by Gasteiger charge is -2.37. The van der Waals surface area contributed by atoms with Crippen molar-refractivity contribution in [2.45, 2.75) is 6.04 Å². The van der Waals surface area contributed by atoms with Gasteiger partial charge >= 0.3 is 0 Å². The number of hydrogen-bond acceptors (Lipinski definition) is 4. The summed E-state index contributed by atoms with van der Waals surface area (Å²) >= 11 is 3.20. The fourth-order valence-corrected chi connectivity index (χ4v) is 2.38. The van der Waals surface area contributed by atoms with Crippen LogP contribution in [0.5, 0.6) is 0 Å². The molecular weight excluding hydrogens is 299 g/mol. The minimum Gasteiger partial charge on any atom is -0.366 e. The van der Waals surface area contributed by atoms with Gasteiger partial charge in [-0.15, -0.1) is 0 Å². The Bertz CT molecular complexity index is 415. The van der Waals surface area contributed by atoms with Crippen LogP contribution < -0.4 is 5.32 Å². The van der Waals surface area contributed by atoms with E-state index in [9.17, 15) is 4.39 Å². The van der Waals surface area contributed by atoms with Crippen LogP contribution in [0.4, 0.5) is 10.2 Å². The van der Waals surface area contributed by atoms with Gasteiger partial charge in [-0.2, -0.15) is 0 Å². The third-order valence-corrected chi connectivity index (χ3v) is 3.73. The molecule has 4 nitrogen and oxygen atoms in total. The Kier molecular flexibility index (Phi) is 4.53. The van der Waals surface area contributed by atoms with Crippen molar-refractivity contribution in [3.8, 4) is 0 Å². The van der Waals surface area contributed by atoms with E-state index >= 15 is 0 Å². The summed E-state index contributed by atoms with van der Waals surface area (Å²) in [5.41, 5.74) is 0. The molecule has 0 radical (unpaired) electrons. The van der Waals surface area contributed by atoms with Gasteiger partial charge < -0.3 is 10.2 Å². The summed E-state index contributed by atoms with van der Waals surface area (Å²) < 4.78 is 14.3. The van der Waals surface area contributed by atoms with Gasteiger partial charge in [0.1, 0.15) is 0 Å². The van der Waals surface area contributed by atoms with Crippen LogP contribution in [-0.4, -0.2) is 61.1 Å². The van der Waals surface area contributed by atoms with Crippen molar-refractivity contribution < 1.29 is 4.39 Å². The van der Waals surface area contributed by atoms with Crippen LogP contribution in [0.3, 0.4) is 0 Å². The second-order valence-corrected chi connectivity index (χ2v) is 5.68. The van der Waals surface area contributed by atoms with E-state index in [2.05, 4.69) is 50.1 Å². The zero-order chi connectivity index (χ0) is 13.1. The Hall–Kier alpha value is -0.720. The molecule has 1 unspecified atom stereocenters. The highest BCUT2D eigenvalue weighted by Crippen LogP contribution is 2.16. The van der Waals surface area contributed by atoms with E-state index < -0.39 is 0 Å². The SMILES string of the molecule is CN1CCN(C)C(CNc2ncc(Br)cc2F)C1. The summed E-state index contributed by atoms with van der Waals surface area (Å²) in [6.45, 7) is 3.81. The molecule has 2 heterocycles. The second kappa shape index (κ2) is 5.95. The normalized spacial score (nSPS) is 22.1. The lowest BCUT2D eigenvalue weighted by molar-refractivity contribution is 0.121. The van der Waals surface area contributed by atoms with Gasteiger partial charge in [0.2, 0.25) is 0 Å². The molecule has 2 rings (SSSR count). The van der Waals surface area contributed by atoms with Gasteiger partial charge in [-0.05, 0) is 36.1 Å². The van der Waals surface area contributed by atoms with Gasteiger partial charge in [0.25, 0.3) is 0 Å². The molecule has 1 saturated heterocycles. The van der Waals surface area contributed by atoms with E-state index in [-0.39, 0.29) is 5.82 Å². The van der Waals surface area contributed by atoms with Gasteiger partial charge in [0, 0.05) is 42.9 Å². The number of piperazine rings is 1. The van der Waals surface area contributed by atoms with Crippen LogP contribution >= 0.6 is 15.9 Å². The Balaban J connectivity index is 1.94. The van der Waals surface area contributed by atoms with Crippen LogP contribution in [0.2, 0.25) is 0 Å². The summed E-state index contributed by atoms with van der Waals surface area (Å²) in [7, 11) is 4.21. The Morgan fingerprint density at radius 2 is 2.28 bits per heavy atom. The lowest BCUT2D eigenvalue weighted by atomic mass is 10.2. The Morgan fingerprint density at radius 3 is 3.00 bits per heavy atom. The zero-order valence-corrected chi connectivity index (χ0v) is 12.2. The lowest BCUT2D eigenvalue weighted by Crippen LogP contribution is -2.52. The topological polar surface area (TPSA) is 31.4 Å². The quantitative estimate of drug-likeness (QED) is 0.918. The number of aromatic nitrogens is 1. The van der Waals surface area contributed by atoms with Gasteiger partial charge in [0.15, 0.2) is 11.6 Å². The molecule has 0 spiro atoms. The van der Waals surface area contributed by atoms with Crippen molar-refractivity contribution in [1.82, 2.24) is 14.8 Å². The number of hydrogen-bond donors (Lipinski definition) is 1. The molecular formula is C12H18BrFN4. The van der Waals surface area contributed by atoms with E-state index in [1.807, 2.05) is 0 Å². The average Bonchev–Trinajstić information content (AvgIpc) is 2.32. The fourth-order valence-electron chi connectivity index (χ4n) is 2.08. The predicted octanol–water partition coefficient (Wildman–Crippen LogP) is 1.64. The van der Waals surface area contributed by atoms with Crippen molar-refractivity contribution in [3.63, 3.8) is 0 Å². The highest BCUT2D eigenvalue weighted by molar-refractivity contribution is 9.10. The first-order valence-electron chi connectivity index (χ1n) is 6.00. The Labute approximate surface area is 115 Å². The predicted molar refractivity (Wildman–Crippen MR) is 74.3 cm³/mol. The molecule has 0 amide bonds. The first kappa shape index (κ1) is 13.7. The van der Waals surface area contributed by atoms with Gasteiger partial charge in [-0.25, -0.2) is 9.37 Å².